The fourth-order valence-electron chi connectivity index (χ4n) is 2.36. The first-order chi connectivity index (χ1) is 7.69. The third-order valence-electron chi connectivity index (χ3n) is 3.86. The van der Waals surface area contributed by atoms with Crippen LogP contribution in [0.3, 0.4) is 0 Å². The molecule has 1 aromatic rings. The molecule has 1 aliphatic rings. The Morgan fingerprint density at radius 2 is 2.25 bits per heavy atom. The van der Waals surface area contributed by atoms with Crippen LogP contribution in [0.2, 0.25) is 0 Å². The molecule has 0 bridgehead atoms. The summed E-state index contributed by atoms with van der Waals surface area (Å²) < 4.78 is 2.25. The van der Waals surface area contributed by atoms with Gasteiger partial charge in [-0.25, -0.2) is 4.98 Å². The van der Waals surface area contributed by atoms with E-state index in [2.05, 4.69) is 41.8 Å². The van der Waals surface area contributed by atoms with Gasteiger partial charge in [-0.15, -0.1) is 0 Å². The van der Waals surface area contributed by atoms with Gasteiger partial charge >= 0.3 is 0 Å². The zero-order valence-corrected chi connectivity index (χ0v) is 10.7. The lowest BCUT2D eigenvalue weighted by Gasteiger charge is -2.24. The maximum atomic E-state index is 4.47. The summed E-state index contributed by atoms with van der Waals surface area (Å²) >= 11 is 0. The molecule has 0 saturated heterocycles. The molecule has 1 atom stereocenters. The molecular formula is C13H23N3. The van der Waals surface area contributed by atoms with Crippen LogP contribution in [0.5, 0.6) is 0 Å². The molecule has 1 aliphatic carbocycles. The van der Waals surface area contributed by atoms with E-state index in [4.69, 9.17) is 0 Å². The molecule has 0 spiro atoms. The summed E-state index contributed by atoms with van der Waals surface area (Å²) in [7, 11) is 0. The van der Waals surface area contributed by atoms with Crippen LogP contribution in [0, 0.1) is 5.41 Å². The molecule has 16 heavy (non-hydrogen) atoms. The second-order valence-electron chi connectivity index (χ2n) is 5.10. The molecule has 1 saturated carbocycles. The summed E-state index contributed by atoms with van der Waals surface area (Å²) in [6.07, 6.45) is 7.77. The van der Waals surface area contributed by atoms with E-state index in [1.54, 1.807) is 0 Å². The highest BCUT2D eigenvalue weighted by molar-refractivity contribution is 5.05. The monoisotopic (exact) mass is 221 g/mol. The lowest BCUT2D eigenvalue weighted by Crippen LogP contribution is -2.38. The van der Waals surface area contributed by atoms with Crippen molar-refractivity contribution in [2.24, 2.45) is 5.41 Å². The van der Waals surface area contributed by atoms with Crippen molar-refractivity contribution in [2.75, 3.05) is 6.54 Å². The van der Waals surface area contributed by atoms with Gasteiger partial charge in [-0.1, -0.05) is 13.8 Å². The van der Waals surface area contributed by atoms with Gasteiger partial charge in [0, 0.05) is 31.4 Å². The Bertz CT molecular complexity index is 339. The van der Waals surface area contributed by atoms with Crippen molar-refractivity contribution in [3.05, 3.63) is 18.2 Å². The average molecular weight is 221 g/mol. The van der Waals surface area contributed by atoms with Crippen LogP contribution in [0.1, 0.15) is 39.4 Å². The van der Waals surface area contributed by atoms with E-state index in [9.17, 15) is 0 Å². The topological polar surface area (TPSA) is 29.9 Å². The number of imidazole rings is 1. The largest absolute Gasteiger partial charge is 0.335 e. The normalized spacial score (nSPS) is 19.7. The van der Waals surface area contributed by atoms with Crippen molar-refractivity contribution in [2.45, 2.75) is 52.6 Å². The molecule has 0 amide bonds. The fraction of sp³-hybridized carbons (Fsp3) is 0.769. The van der Waals surface area contributed by atoms with Crippen molar-refractivity contribution >= 4 is 0 Å². The molecule has 90 valence electrons. The van der Waals surface area contributed by atoms with E-state index in [0.717, 1.165) is 19.5 Å². The molecule has 0 aromatic carbocycles. The Morgan fingerprint density at radius 3 is 2.81 bits per heavy atom. The van der Waals surface area contributed by atoms with Gasteiger partial charge in [0.1, 0.15) is 5.82 Å². The Kier molecular flexibility index (Phi) is 3.33. The molecule has 3 heteroatoms. The quantitative estimate of drug-likeness (QED) is 0.798. The molecule has 1 aromatic heterocycles. The molecule has 2 rings (SSSR count). The van der Waals surface area contributed by atoms with Crippen molar-refractivity contribution < 1.29 is 0 Å². The van der Waals surface area contributed by atoms with Crippen LogP contribution in [-0.4, -0.2) is 22.1 Å². The summed E-state index contributed by atoms with van der Waals surface area (Å²) in [6.45, 7) is 8.81. The van der Waals surface area contributed by atoms with Crippen LogP contribution in [0.15, 0.2) is 12.4 Å². The molecular weight excluding hydrogens is 198 g/mol. The summed E-state index contributed by atoms with van der Waals surface area (Å²) in [5.74, 6) is 1.22. The lowest BCUT2D eigenvalue weighted by molar-refractivity contribution is 0.352. The average Bonchev–Trinajstić information content (AvgIpc) is 2.87. The van der Waals surface area contributed by atoms with Gasteiger partial charge in [-0.3, -0.25) is 0 Å². The highest BCUT2D eigenvalue weighted by Gasteiger charge is 2.44. The van der Waals surface area contributed by atoms with Crippen molar-refractivity contribution in [3.63, 3.8) is 0 Å². The highest BCUT2D eigenvalue weighted by Crippen LogP contribution is 2.48. The number of rotatable bonds is 6. The Balaban J connectivity index is 2.05. The zero-order chi connectivity index (χ0) is 11.6. The Morgan fingerprint density at radius 1 is 1.50 bits per heavy atom. The second kappa shape index (κ2) is 4.58. The number of nitrogens with one attached hydrogen (secondary N) is 1. The Labute approximate surface area is 98.3 Å². The summed E-state index contributed by atoms with van der Waals surface area (Å²) in [5.41, 5.74) is 0.514. The van der Waals surface area contributed by atoms with Crippen LogP contribution < -0.4 is 5.32 Å². The van der Waals surface area contributed by atoms with Gasteiger partial charge in [-0.05, 0) is 31.7 Å². The maximum Gasteiger partial charge on any atom is 0.110 e. The third-order valence-corrected chi connectivity index (χ3v) is 3.86. The third kappa shape index (κ3) is 2.29. The molecule has 3 nitrogen and oxygen atoms in total. The number of hydrogen-bond acceptors (Lipinski definition) is 2. The minimum atomic E-state index is 0.514. The zero-order valence-electron chi connectivity index (χ0n) is 10.7. The number of nitrogens with zero attached hydrogens (tertiary/aromatic N) is 2. The Hall–Kier alpha value is -0.830. The van der Waals surface area contributed by atoms with Gasteiger partial charge in [0.15, 0.2) is 0 Å². The van der Waals surface area contributed by atoms with Gasteiger partial charge in [0.25, 0.3) is 0 Å². The maximum absolute atomic E-state index is 4.47. The first-order valence-electron chi connectivity index (χ1n) is 6.43. The van der Waals surface area contributed by atoms with Gasteiger partial charge in [0.2, 0.25) is 0 Å². The minimum Gasteiger partial charge on any atom is -0.335 e. The number of likely N-dealkylation sites (N-methyl/N-ethyl adjacent to an activating group) is 1. The SMILES string of the molecule is CCNC(Cc1nccn1CC)C1(C)CC1. The van der Waals surface area contributed by atoms with Crippen LogP contribution in [0.4, 0.5) is 0 Å². The number of aromatic nitrogens is 2. The van der Waals surface area contributed by atoms with Crippen molar-refractivity contribution in [1.29, 1.82) is 0 Å². The van der Waals surface area contributed by atoms with Gasteiger partial charge in [-0.2, -0.15) is 0 Å². The molecule has 1 unspecified atom stereocenters. The summed E-state index contributed by atoms with van der Waals surface area (Å²) in [4.78, 5) is 4.47. The molecule has 1 N–H and O–H groups in total. The van der Waals surface area contributed by atoms with Crippen molar-refractivity contribution in [1.82, 2.24) is 14.9 Å². The lowest BCUT2D eigenvalue weighted by atomic mass is 9.95. The predicted molar refractivity (Wildman–Crippen MR) is 66.4 cm³/mol. The van der Waals surface area contributed by atoms with E-state index in [1.165, 1.54) is 18.7 Å². The molecule has 1 heterocycles. The van der Waals surface area contributed by atoms with E-state index in [1.807, 2.05) is 6.20 Å². The smallest absolute Gasteiger partial charge is 0.110 e. The summed E-state index contributed by atoms with van der Waals surface area (Å²) in [5, 5.41) is 3.62. The van der Waals surface area contributed by atoms with Crippen LogP contribution in [-0.2, 0) is 13.0 Å². The standard InChI is InChI=1S/C13H23N3/c1-4-14-11(13(3)6-7-13)10-12-15-8-9-16(12)5-2/h8-9,11,14H,4-7,10H2,1-3H3. The molecule has 0 aliphatic heterocycles. The number of hydrogen-bond donors (Lipinski definition) is 1. The second-order valence-corrected chi connectivity index (χ2v) is 5.10. The highest BCUT2D eigenvalue weighted by atomic mass is 15.1. The fourth-order valence-corrected chi connectivity index (χ4v) is 2.36. The van der Waals surface area contributed by atoms with E-state index in [-0.39, 0.29) is 0 Å². The first kappa shape index (κ1) is 11.6. The van der Waals surface area contributed by atoms with E-state index < -0.39 is 0 Å². The molecule has 1 fully saturated rings. The van der Waals surface area contributed by atoms with Gasteiger partial charge in [0.05, 0.1) is 0 Å². The van der Waals surface area contributed by atoms with E-state index >= 15 is 0 Å². The van der Waals surface area contributed by atoms with Gasteiger partial charge < -0.3 is 9.88 Å². The first-order valence-corrected chi connectivity index (χ1v) is 6.43. The predicted octanol–water partition coefficient (Wildman–Crippen LogP) is 2.22. The van der Waals surface area contributed by atoms with Crippen molar-refractivity contribution in [3.8, 4) is 0 Å². The molecule has 0 radical (unpaired) electrons. The van der Waals surface area contributed by atoms with Crippen LogP contribution >= 0.6 is 0 Å². The summed E-state index contributed by atoms with van der Waals surface area (Å²) in [6, 6.07) is 0.588. The minimum absolute atomic E-state index is 0.514. The number of aryl methyl sites for hydroxylation is 1. The van der Waals surface area contributed by atoms with E-state index in [0.29, 0.717) is 11.5 Å². The van der Waals surface area contributed by atoms with Crippen LogP contribution in [0.25, 0.3) is 0 Å².